The maximum Gasteiger partial charge on any atom is 0.262 e. The molecule has 0 aromatic heterocycles. The van der Waals surface area contributed by atoms with Gasteiger partial charge in [-0.15, -0.1) is 0 Å². The van der Waals surface area contributed by atoms with E-state index in [4.69, 9.17) is 21.1 Å². The smallest absolute Gasteiger partial charge is 0.262 e. The average Bonchev–Trinajstić information content (AvgIpc) is 2.74. The molecule has 156 valence electrons. The molecule has 0 saturated heterocycles. The minimum absolute atomic E-state index is 0.0933. The summed E-state index contributed by atoms with van der Waals surface area (Å²) in [5.41, 5.74) is 3.76. The molecule has 0 atom stereocenters. The van der Waals surface area contributed by atoms with Crippen LogP contribution in [0.1, 0.15) is 11.1 Å². The molecule has 0 aliphatic carbocycles. The van der Waals surface area contributed by atoms with Crippen molar-refractivity contribution in [3.63, 3.8) is 0 Å². The Labute approximate surface area is 189 Å². The number of rotatable bonds is 8. The van der Waals surface area contributed by atoms with Crippen molar-refractivity contribution >= 4 is 44.8 Å². The number of nitrogens with one attached hydrogen (secondary N) is 2. The molecule has 0 bridgehead atoms. The van der Waals surface area contributed by atoms with Crippen molar-refractivity contribution < 1.29 is 14.3 Å². The molecule has 0 fully saturated rings. The van der Waals surface area contributed by atoms with Crippen LogP contribution in [0.5, 0.6) is 11.5 Å². The van der Waals surface area contributed by atoms with Gasteiger partial charge in [-0.25, -0.2) is 0 Å². The summed E-state index contributed by atoms with van der Waals surface area (Å²) in [6.45, 7) is 2.52. The molecule has 3 rings (SSSR count). The Bertz CT molecular complexity index is 1030. The fourth-order valence-electron chi connectivity index (χ4n) is 2.78. The second-order valence-electron chi connectivity index (χ2n) is 6.60. The van der Waals surface area contributed by atoms with Gasteiger partial charge in [-0.05, 0) is 82.5 Å². The van der Waals surface area contributed by atoms with Gasteiger partial charge in [0.05, 0.1) is 11.6 Å². The van der Waals surface area contributed by atoms with Gasteiger partial charge in [0, 0.05) is 22.9 Å². The van der Waals surface area contributed by atoms with Crippen LogP contribution in [0.2, 0.25) is 5.02 Å². The van der Waals surface area contributed by atoms with E-state index in [2.05, 4.69) is 26.6 Å². The zero-order valence-corrected chi connectivity index (χ0v) is 19.0. The molecule has 30 heavy (non-hydrogen) atoms. The largest absolute Gasteiger partial charge is 0.497 e. The lowest BCUT2D eigenvalue weighted by atomic mass is 10.1. The Morgan fingerprint density at radius 1 is 1.10 bits per heavy atom. The number of ether oxygens (including phenoxy) is 2. The molecule has 0 radical (unpaired) electrons. The van der Waals surface area contributed by atoms with Crippen molar-refractivity contribution in [2.24, 2.45) is 0 Å². The molecule has 5 nitrogen and oxygen atoms in total. The molecule has 3 aromatic rings. The summed E-state index contributed by atoms with van der Waals surface area (Å²) in [4.78, 5) is 12.1. The lowest BCUT2D eigenvalue weighted by Gasteiger charge is -2.13. The Balaban J connectivity index is 1.53. The van der Waals surface area contributed by atoms with Crippen LogP contribution in [0.4, 0.5) is 11.4 Å². The van der Waals surface area contributed by atoms with Gasteiger partial charge in [-0.1, -0.05) is 23.7 Å². The number of hydrogen-bond acceptors (Lipinski definition) is 4. The molecular formula is C23H22BrClN2O3. The highest BCUT2D eigenvalue weighted by atomic mass is 79.9. The quantitative estimate of drug-likeness (QED) is 0.404. The molecule has 3 aromatic carbocycles. The highest BCUT2D eigenvalue weighted by Gasteiger charge is 2.08. The van der Waals surface area contributed by atoms with Crippen LogP contribution in [0, 0.1) is 6.92 Å². The van der Waals surface area contributed by atoms with Gasteiger partial charge in [-0.3, -0.25) is 4.79 Å². The summed E-state index contributed by atoms with van der Waals surface area (Å²) < 4.78 is 11.5. The Kier molecular flexibility index (Phi) is 7.60. The SMILES string of the molecule is COc1ccc(NC(=O)COc2ccc(CNc3cccc(Cl)c3C)cc2Br)cc1. The molecule has 2 N–H and O–H groups in total. The number of carbonyl (C=O) groups is 1. The van der Waals surface area contributed by atoms with E-state index in [0.717, 1.165) is 32.1 Å². The molecule has 0 spiro atoms. The Hall–Kier alpha value is -2.70. The van der Waals surface area contributed by atoms with Crippen LogP contribution in [0.15, 0.2) is 65.1 Å². The van der Waals surface area contributed by atoms with E-state index >= 15 is 0 Å². The third-order valence-corrected chi connectivity index (χ3v) is 5.51. The first-order valence-electron chi connectivity index (χ1n) is 9.30. The number of benzene rings is 3. The van der Waals surface area contributed by atoms with E-state index < -0.39 is 0 Å². The zero-order chi connectivity index (χ0) is 21.5. The van der Waals surface area contributed by atoms with Crippen LogP contribution in [0.3, 0.4) is 0 Å². The van der Waals surface area contributed by atoms with Gasteiger partial charge >= 0.3 is 0 Å². The molecule has 0 aliphatic rings. The monoisotopic (exact) mass is 488 g/mol. The summed E-state index contributed by atoms with van der Waals surface area (Å²) in [6.07, 6.45) is 0. The first-order valence-corrected chi connectivity index (χ1v) is 10.5. The number of carbonyl (C=O) groups excluding carboxylic acids is 1. The fourth-order valence-corrected chi connectivity index (χ4v) is 3.50. The number of anilines is 2. The third-order valence-electron chi connectivity index (χ3n) is 4.48. The summed E-state index contributed by atoms with van der Waals surface area (Å²) in [5.74, 6) is 1.09. The van der Waals surface area contributed by atoms with Gasteiger partial charge in [0.25, 0.3) is 5.91 Å². The summed E-state index contributed by atoms with van der Waals surface area (Å²) in [5, 5.41) is 6.90. The molecule has 0 aliphatic heterocycles. The normalized spacial score (nSPS) is 10.4. The van der Waals surface area contributed by atoms with Crippen molar-refractivity contribution in [1.82, 2.24) is 0 Å². The van der Waals surface area contributed by atoms with Crippen molar-refractivity contribution in [3.05, 3.63) is 81.3 Å². The van der Waals surface area contributed by atoms with Crippen molar-refractivity contribution in [2.45, 2.75) is 13.5 Å². The van der Waals surface area contributed by atoms with E-state index in [1.165, 1.54) is 0 Å². The molecule has 0 saturated carbocycles. The number of methoxy groups -OCH3 is 1. The van der Waals surface area contributed by atoms with Crippen molar-refractivity contribution in [1.29, 1.82) is 0 Å². The van der Waals surface area contributed by atoms with Gasteiger partial charge in [0.2, 0.25) is 0 Å². The molecule has 7 heteroatoms. The van der Waals surface area contributed by atoms with Crippen LogP contribution < -0.4 is 20.1 Å². The fraction of sp³-hybridized carbons (Fsp3) is 0.174. The average molecular weight is 490 g/mol. The first-order chi connectivity index (χ1) is 14.5. The van der Waals surface area contributed by atoms with Crippen molar-refractivity contribution in [2.75, 3.05) is 24.4 Å². The standard InChI is InChI=1S/C23H22BrClN2O3/c1-15-20(25)4-3-5-21(15)26-13-16-6-11-22(19(24)12-16)30-14-23(28)27-17-7-9-18(29-2)10-8-17/h3-12,26H,13-14H2,1-2H3,(H,27,28). The van der Waals surface area contributed by atoms with Gasteiger partial charge < -0.3 is 20.1 Å². The van der Waals surface area contributed by atoms with Gasteiger partial charge in [0.1, 0.15) is 11.5 Å². The first kappa shape index (κ1) is 22.0. The predicted molar refractivity (Wildman–Crippen MR) is 125 cm³/mol. The van der Waals surface area contributed by atoms with Crippen LogP contribution in [0.25, 0.3) is 0 Å². The predicted octanol–water partition coefficient (Wildman–Crippen LogP) is 6.05. The lowest BCUT2D eigenvalue weighted by molar-refractivity contribution is -0.118. The van der Waals surface area contributed by atoms with Gasteiger partial charge in [-0.2, -0.15) is 0 Å². The van der Waals surface area contributed by atoms with E-state index in [0.29, 0.717) is 18.0 Å². The van der Waals surface area contributed by atoms with E-state index in [9.17, 15) is 4.79 Å². The second kappa shape index (κ2) is 10.4. The number of halogens is 2. The Morgan fingerprint density at radius 2 is 1.87 bits per heavy atom. The van der Waals surface area contributed by atoms with E-state index in [1.807, 2.05) is 43.3 Å². The zero-order valence-electron chi connectivity index (χ0n) is 16.7. The topological polar surface area (TPSA) is 59.6 Å². The Morgan fingerprint density at radius 3 is 2.57 bits per heavy atom. The summed E-state index contributed by atoms with van der Waals surface area (Å²) >= 11 is 9.68. The van der Waals surface area contributed by atoms with E-state index in [-0.39, 0.29) is 12.5 Å². The minimum Gasteiger partial charge on any atom is -0.497 e. The third kappa shape index (κ3) is 5.90. The highest BCUT2D eigenvalue weighted by Crippen LogP contribution is 2.28. The van der Waals surface area contributed by atoms with Crippen LogP contribution >= 0.6 is 27.5 Å². The highest BCUT2D eigenvalue weighted by molar-refractivity contribution is 9.10. The van der Waals surface area contributed by atoms with Gasteiger partial charge in [0.15, 0.2) is 6.61 Å². The van der Waals surface area contributed by atoms with Crippen molar-refractivity contribution in [3.8, 4) is 11.5 Å². The maximum absolute atomic E-state index is 12.1. The summed E-state index contributed by atoms with van der Waals surface area (Å²) in [6, 6.07) is 18.7. The molecular weight excluding hydrogens is 468 g/mol. The number of amides is 1. The number of hydrogen-bond donors (Lipinski definition) is 2. The van der Waals surface area contributed by atoms with Crippen LogP contribution in [-0.4, -0.2) is 19.6 Å². The van der Waals surface area contributed by atoms with Crippen LogP contribution in [-0.2, 0) is 11.3 Å². The van der Waals surface area contributed by atoms with E-state index in [1.54, 1.807) is 31.4 Å². The second-order valence-corrected chi connectivity index (χ2v) is 7.86. The molecule has 1 amide bonds. The minimum atomic E-state index is -0.241. The molecule has 0 heterocycles. The summed E-state index contributed by atoms with van der Waals surface area (Å²) in [7, 11) is 1.60. The maximum atomic E-state index is 12.1. The lowest BCUT2D eigenvalue weighted by Crippen LogP contribution is -2.20. The molecule has 0 unspecified atom stereocenters.